The lowest BCUT2D eigenvalue weighted by Crippen LogP contribution is -2.34. The lowest BCUT2D eigenvalue weighted by molar-refractivity contribution is -0.209. The summed E-state index contributed by atoms with van der Waals surface area (Å²) in [7, 11) is 0. The molecular formula is C18H23ClO10. The fourth-order valence-electron chi connectivity index (χ4n) is 4.42. The summed E-state index contributed by atoms with van der Waals surface area (Å²) in [6.45, 7) is 7.22. The van der Waals surface area contributed by atoms with Gasteiger partial charge in [-0.25, -0.2) is 0 Å². The minimum absolute atomic E-state index is 0.186. The van der Waals surface area contributed by atoms with Crippen molar-refractivity contribution in [3.05, 3.63) is 0 Å². The van der Waals surface area contributed by atoms with Crippen molar-refractivity contribution < 1.29 is 47.5 Å². The first kappa shape index (κ1) is 19.9. The second kappa shape index (κ2) is 6.49. The Bertz CT molecular complexity index is 725. The Morgan fingerprint density at radius 1 is 0.759 bits per heavy atom. The van der Waals surface area contributed by atoms with E-state index >= 15 is 0 Å². The van der Waals surface area contributed by atoms with Crippen molar-refractivity contribution >= 4 is 23.5 Å². The van der Waals surface area contributed by atoms with E-state index in [1.807, 2.05) is 13.8 Å². The number of hydrogen-bond acceptors (Lipinski definition) is 10. The van der Waals surface area contributed by atoms with E-state index in [-0.39, 0.29) is 36.7 Å². The van der Waals surface area contributed by atoms with E-state index in [1.54, 1.807) is 13.8 Å². The molecule has 6 fully saturated rings. The first-order valence-electron chi connectivity index (χ1n) is 9.59. The molecule has 6 saturated heterocycles. The Morgan fingerprint density at radius 3 is 2.00 bits per heavy atom. The van der Waals surface area contributed by atoms with Crippen molar-refractivity contribution in [1.82, 2.24) is 0 Å². The van der Waals surface area contributed by atoms with Crippen LogP contribution in [0.2, 0.25) is 0 Å². The molecule has 0 aliphatic carbocycles. The lowest BCUT2D eigenvalue weighted by atomic mass is 10.1. The van der Waals surface area contributed by atoms with Gasteiger partial charge in [0.05, 0.1) is 6.42 Å². The second-order valence-electron chi connectivity index (χ2n) is 8.67. The van der Waals surface area contributed by atoms with Crippen molar-refractivity contribution in [2.24, 2.45) is 0 Å². The molecule has 0 spiro atoms. The van der Waals surface area contributed by atoms with Gasteiger partial charge < -0.3 is 37.9 Å². The van der Waals surface area contributed by atoms with E-state index < -0.39 is 41.4 Å². The van der Waals surface area contributed by atoms with Gasteiger partial charge in [-0.15, -0.1) is 11.6 Å². The molecule has 6 aliphatic rings. The third kappa shape index (κ3) is 3.34. The molecule has 0 aromatic carbocycles. The van der Waals surface area contributed by atoms with E-state index in [9.17, 15) is 9.59 Å². The summed E-state index contributed by atoms with van der Waals surface area (Å²) in [6.07, 6.45) is -2.54. The average Bonchev–Trinajstić information content (AvgIpc) is 3.36. The summed E-state index contributed by atoms with van der Waals surface area (Å²) in [6, 6.07) is 0. The normalized spacial score (nSPS) is 50.2. The number of ether oxygens (including phenoxy) is 8. The molecule has 162 valence electrons. The van der Waals surface area contributed by atoms with Crippen molar-refractivity contribution in [2.75, 3.05) is 0 Å². The van der Waals surface area contributed by atoms with Crippen LogP contribution in [-0.2, 0) is 47.5 Å². The van der Waals surface area contributed by atoms with Gasteiger partial charge in [0.2, 0.25) is 0 Å². The van der Waals surface area contributed by atoms with Crippen LogP contribution in [0.3, 0.4) is 0 Å². The second-order valence-corrected chi connectivity index (χ2v) is 9.14. The number of halogens is 1. The molecule has 6 rings (SSSR count). The molecule has 0 saturated carbocycles. The van der Waals surface area contributed by atoms with E-state index in [2.05, 4.69) is 0 Å². The van der Waals surface area contributed by atoms with Gasteiger partial charge in [-0.1, -0.05) is 0 Å². The highest BCUT2D eigenvalue weighted by Gasteiger charge is 2.63. The van der Waals surface area contributed by atoms with E-state index in [1.165, 1.54) is 0 Å². The number of fused-ring (bicyclic) bond motifs is 6. The highest BCUT2D eigenvalue weighted by molar-refractivity contribution is 6.31. The molecule has 29 heavy (non-hydrogen) atoms. The standard InChI is InChI=1S/C9H11ClO5.C9H12O5/c1-9(2)14-6-5-4(13-8(6)15-9)3(10)7(11)12-5;1-9(2)13-7-6-4(3-5(10)12-6)11-8(7)14-9/h3-6,8H,1-2H3;4,6-8H,3H2,1-2H3/t3-,4-,5+,6?,8-;4-,6+,7?,8-/m11/s1. The first-order valence-corrected chi connectivity index (χ1v) is 10.0. The number of rotatable bonds is 0. The molecule has 0 radical (unpaired) electrons. The van der Waals surface area contributed by atoms with Crippen LogP contribution in [0, 0.1) is 0 Å². The lowest BCUT2D eigenvalue weighted by Gasteiger charge is -2.20. The van der Waals surface area contributed by atoms with Gasteiger partial charge in [-0.3, -0.25) is 9.59 Å². The molecule has 9 atom stereocenters. The number of hydrogen-bond donors (Lipinski definition) is 0. The van der Waals surface area contributed by atoms with Crippen molar-refractivity contribution in [1.29, 1.82) is 0 Å². The van der Waals surface area contributed by atoms with Gasteiger partial charge in [0.15, 0.2) is 53.9 Å². The summed E-state index contributed by atoms with van der Waals surface area (Å²) in [5.74, 6) is -2.00. The number of carbonyl (C=O) groups is 2. The summed E-state index contributed by atoms with van der Waals surface area (Å²) >= 11 is 5.84. The SMILES string of the molecule is CC1(C)OC2[C@H](O[C@@H]3CC(=O)O[C@H]23)O1.CC1(C)OC2[C@H](O[C@H]3[C@@H]2OC(=O)[C@@H]3Cl)O1. The molecule has 0 aromatic heterocycles. The van der Waals surface area contributed by atoms with Gasteiger partial charge in [0.25, 0.3) is 0 Å². The highest BCUT2D eigenvalue weighted by atomic mass is 35.5. The molecule has 6 heterocycles. The van der Waals surface area contributed by atoms with Gasteiger partial charge in [-0.2, -0.15) is 0 Å². The molecular weight excluding hydrogens is 412 g/mol. The summed E-state index contributed by atoms with van der Waals surface area (Å²) in [4.78, 5) is 22.2. The molecule has 0 aromatic rings. The largest absolute Gasteiger partial charge is 0.456 e. The van der Waals surface area contributed by atoms with Crippen molar-refractivity contribution in [3.63, 3.8) is 0 Å². The van der Waals surface area contributed by atoms with Crippen LogP contribution in [0.25, 0.3) is 0 Å². The van der Waals surface area contributed by atoms with Gasteiger partial charge >= 0.3 is 11.9 Å². The predicted molar refractivity (Wildman–Crippen MR) is 91.4 cm³/mol. The smallest absolute Gasteiger partial charge is 0.327 e. The molecule has 10 nitrogen and oxygen atoms in total. The van der Waals surface area contributed by atoms with Gasteiger partial charge in [0, 0.05) is 0 Å². The molecule has 0 N–H and O–H groups in total. The fourth-order valence-corrected chi connectivity index (χ4v) is 4.68. The minimum atomic E-state index is -0.754. The van der Waals surface area contributed by atoms with Crippen LogP contribution in [0.15, 0.2) is 0 Å². The predicted octanol–water partition coefficient (Wildman–Crippen LogP) is 0.574. The molecule has 11 heteroatoms. The Labute approximate surface area is 171 Å². The van der Waals surface area contributed by atoms with E-state index in [0.29, 0.717) is 6.42 Å². The Hall–Kier alpha value is -1.01. The van der Waals surface area contributed by atoms with Crippen LogP contribution >= 0.6 is 11.6 Å². The maximum absolute atomic E-state index is 11.2. The minimum Gasteiger partial charge on any atom is -0.456 e. The Balaban J connectivity index is 0.000000125. The van der Waals surface area contributed by atoms with Crippen LogP contribution in [0.4, 0.5) is 0 Å². The van der Waals surface area contributed by atoms with Crippen LogP contribution in [0.1, 0.15) is 34.1 Å². The Kier molecular flexibility index (Phi) is 4.46. The highest BCUT2D eigenvalue weighted by Crippen LogP contribution is 2.44. The van der Waals surface area contributed by atoms with Crippen LogP contribution < -0.4 is 0 Å². The summed E-state index contributed by atoms with van der Waals surface area (Å²) in [5, 5.41) is -0.754. The first-order chi connectivity index (χ1) is 13.5. The molecule has 2 unspecified atom stereocenters. The molecule has 0 amide bonds. The zero-order chi connectivity index (χ0) is 20.7. The van der Waals surface area contributed by atoms with Crippen molar-refractivity contribution in [3.8, 4) is 0 Å². The Morgan fingerprint density at radius 2 is 1.34 bits per heavy atom. The molecule has 6 aliphatic heterocycles. The third-order valence-corrected chi connectivity index (χ3v) is 5.94. The number of alkyl halides is 1. The summed E-state index contributed by atoms with van der Waals surface area (Å²) < 4.78 is 43.5. The quantitative estimate of drug-likeness (QED) is 0.396. The number of esters is 2. The van der Waals surface area contributed by atoms with Crippen LogP contribution in [0.5, 0.6) is 0 Å². The summed E-state index contributed by atoms with van der Waals surface area (Å²) in [5.41, 5.74) is 0. The average molecular weight is 435 g/mol. The number of carbonyl (C=O) groups excluding carboxylic acids is 2. The molecule has 0 bridgehead atoms. The van der Waals surface area contributed by atoms with Gasteiger partial charge in [0.1, 0.15) is 12.2 Å². The third-order valence-electron chi connectivity index (χ3n) is 5.52. The maximum atomic E-state index is 11.2. The zero-order valence-corrected chi connectivity index (χ0v) is 17.1. The van der Waals surface area contributed by atoms with E-state index in [4.69, 9.17) is 49.5 Å². The maximum Gasteiger partial charge on any atom is 0.327 e. The van der Waals surface area contributed by atoms with Gasteiger partial charge in [-0.05, 0) is 27.7 Å². The van der Waals surface area contributed by atoms with E-state index in [0.717, 1.165) is 0 Å². The van der Waals surface area contributed by atoms with Crippen molar-refractivity contribution in [2.45, 2.75) is 100 Å². The topological polar surface area (TPSA) is 108 Å². The van der Waals surface area contributed by atoms with Crippen LogP contribution in [-0.4, -0.2) is 78.1 Å². The zero-order valence-electron chi connectivity index (χ0n) is 16.4. The monoisotopic (exact) mass is 434 g/mol. The fraction of sp³-hybridized carbons (Fsp3) is 0.889.